The van der Waals surface area contributed by atoms with Crippen molar-refractivity contribution < 1.29 is 18.4 Å². The molecule has 0 spiro atoms. The molecule has 7 nitrogen and oxygen atoms in total. The summed E-state index contributed by atoms with van der Waals surface area (Å²) in [7, 11) is -1.18. The van der Waals surface area contributed by atoms with E-state index < -0.39 is 11.0 Å². The third kappa shape index (κ3) is 7.49. The number of ether oxygens (including phenoxy) is 3. The van der Waals surface area contributed by atoms with Gasteiger partial charge in [0, 0.05) is 36.5 Å². The molecular formula is C34H35N3O4S. The number of benzene rings is 4. The average molecular weight is 582 g/mol. The van der Waals surface area contributed by atoms with E-state index in [-0.39, 0.29) is 5.41 Å². The van der Waals surface area contributed by atoms with Crippen LogP contribution < -0.4 is 19.1 Å². The molecule has 0 amide bonds. The molecule has 1 atom stereocenters. The van der Waals surface area contributed by atoms with Gasteiger partial charge in [-0.25, -0.2) is 4.21 Å². The molecule has 1 fully saturated rings. The largest absolute Gasteiger partial charge is 0.493 e. The Morgan fingerprint density at radius 1 is 0.929 bits per heavy atom. The number of hydrogen-bond donors (Lipinski definition) is 1. The third-order valence-corrected chi connectivity index (χ3v) is 7.69. The number of nitriles is 1. The highest BCUT2D eigenvalue weighted by atomic mass is 32.2. The highest BCUT2D eigenvalue weighted by Crippen LogP contribution is 2.32. The molecule has 1 saturated heterocycles. The third-order valence-electron chi connectivity index (χ3n) is 7.18. The van der Waals surface area contributed by atoms with Crippen LogP contribution in [-0.4, -0.2) is 30.3 Å². The molecule has 1 aliphatic rings. The number of anilines is 2. The maximum Gasteiger partial charge on any atom is 0.131 e. The van der Waals surface area contributed by atoms with Crippen molar-refractivity contribution >= 4 is 22.4 Å². The summed E-state index contributed by atoms with van der Waals surface area (Å²) in [6.45, 7) is 7.54. The normalized spacial score (nSPS) is 14.2. The summed E-state index contributed by atoms with van der Waals surface area (Å²) in [4.78, 5) is 2.28. The lowest BCUT2D eigenvalue weighted by atomic mass is 9.90. The van der Waals surface area contributed by atoms with Crippen molar-refractivity contribution in [1.82, 2.24) is 0 Å². The molecule has 1 N–H and O–H groups in total. The van der Waals surface area contributed by atoms with E-state index >= 15 is 0 Å². The molecule has 0 saturated carbocycles. The van der Waals surface area contributed by atoms with E-state index in [0.29, 0.717) is 31.0 Å². The molecule has 1 unspecified atom stereocenters. The number of rotatable bonds is 12. The van der Waals surface area contributed by atoms with Gasteiger partial charge in [0.1, 0.15) is 28.2 Å². The fraction of sp³-hybridized carbons (Fsp3) is 0.265. The van der Waals surface area contributed by atoms with Crippen molar-refractivity contribution in [3.8, 4) is 23.3 Å². The SMILES string of the molecule is Cc1c(NS(C)=O)cccc1N(Cc1ccc(C#N)cc1)Cc1ccc(Oc2cccc(OCC3(C)COC3)c2)cc1. The molecule has 1 aliphatic heterocycles. The van der Waals surface area contributed by atoms with E-state index in [1.807, 2.05) is 79.7 Å². The van der Waals surface area contributed by atoms with Crippen LogP contribution in [0, 0.1) is 23.7 Å². The van der Waals surface area contributed by atoms with Crippen molar-refractivity contribution in [2.24, 2.45) is 5.41 Å². The standard InChI is InChI=1S/C34H35N3O4S/c1-25-32(36-42(3)38)8-5-9-33(25)37(20-27-12-10-26(19-35)11-13-27)21-28-14-16-29(17-15-28)41-31-7-4-6-30(18-31)40-24-34(2)22-39-23-34/h4-18,36H,20-24H2,1-3H3. The van der Waals surface area contributed by atoms with Gasteiger partial charge >= 0.3 is 0 Å². The van der Waals surface area contributed by atoms with Gasteiger partial charge in [0.05, 0.1) is 37.1 Å². The summed E-state index contributed by atoms with van der Waals surface area (Å²) in [6.07, 6.45) is 1.62. The van der Waals surface area contributed by atoms with Crippen molar-refractivity contribution in [1.29, 1.82) is 5.26 Å². The number of nitrogens with zero attached hydrogens (tertiary/aromatic N) is 2. The summed E-state index contributed by atoms with van der Waals surface area (Å²) in [5.74, 6) is 2.22. The Morgan fingerprint density at radius 2 is 1.57 bits per heavy atom. The fourth-order valence-corrected chi connectivity index (χ4v) is 5.33. The molecule has 216 valence electrons. The van der Waals surface area contributed by atoms with Gasteiger partial charge in [0.2, 0.25) is 0 Å². The lowest BCUT2D eigenvalue weighted by Crippen LogP contribution is -2.44. The van der Waals surface area contributed by atoms with Gasteiger partial charge in [-0.1, -0.05) is 43.3 Å². The van der Waals surface area contributed by atoms with Crippen LogP contribution in [-0.2, 0) is 28.8 Å². The zero-order valence-corrected chi connectivity index (χ0v) is 24.9. The number of nitrogens with one attached hydrogen (secondary N) is 1. The van der Waals surface area contributed by atoms with E-state index in [9.17, 15) is 9.47 Å². The minimum atomic E-state index is -1.18. The molecule has 0 aliphatic carbocycles. The Balaban J connectivity index is 1.31. The van der Waals surface area contributed by atoms with Crippen molar-refractivity contribution in [3.05, 3.63) is 113 Å². The van der Waals surface area contributed by atoms with Gasteiger partial charge in [0.25, 0.3) is 0 Å². The summed E-state index contributed by atoms with van der Waals surface area (Å²) in [6, 6.07) is 31.6. The summed E-state index contributed by atoms with van der Waals surface area (Å²) in [5.41, 5.74) is 5.80. The monoisotopic (exact) mass is 581 g/mol. The topological polar surface area (TPSA) is 83.8 Å². The van der Waals surface area contributed by atoms with Gasteiger partial charge < -0.3 is 23.8 Å². The Hall–Kier alpha value is -4.32. The van der Waals surface area contributed by atoms with Crippen LogP contribution in [0.25, 0.3) is 0 Å². The molecule has 8 heteroatoms. The highest BCUT2D eigenvalue weighted by Gasteiger charge is 2.34. The average Bonchev–Trinajstić information content (AvgIpc) is 2.97. The quantitative estimate of drug-likeness (QED) is 0.194. The van der Waals surface area contributed by atoms with Crippen molar-refractivity contribution in [2.45, 2.75) is 26.9 Å². The summed E-state index contributed by atoms with van der Waals surface area (Å²) < 4.78 is 32.4. The smallest absolute Gasteiger partial charge is 0.131 e. The maximum absolute atomic E-state index is 11.9. The van der Waals surface area contributed by atoms with Crippen LogP contribution in [0.5, 0.6) is 17.2 Å². The Kier molecular flexibility index (Phi) is 9.11. The van der Waals surface area contributed by atoms with Gasteiger partial charge in [0.15, 0.2) is 0 Å². The van der Waals surface area contributed by atoms with E-state index in [1.165, 1.54) is 0 Å². The first kappa shape index (κ1) is 29.2. The lowest BCUT2D eigenvalue weighted by molar-refractivity contribution is -0.120. The van der Waals surface area contributed by atoms with Crippen LogP contribution in [0.15, 0.2) is 91.0 Å². The van der Waals surface area contributed by atoms with Crippen LogP contribution >= 0.6 is 0 Å². The zero-order valence-electron chi connectivity index (χ0n) is 24.1. The highest BCUT2D eigenvalue weighted by molar-refractivity contribution is 7.85. The van der Waals surface area contributed by atoms with Crippen LogP contribution in [0.1, 0.15) is 29.2 Å². The molecule has 0 aromatic heterocycles. The Morgan fingerprint density at radius 3 is 2.19 bits per heavy atom. The van der Waals surface area contributed by atoms with E-state index in [1.54, 1.807) is 6.26 Å². The van der Waals surface area contributed by atoms with E-state index in [4.69, 9.17) is 14.2 Å². The summed E-state index contributed by atoms with van der Waals surface area (Å²) in [5, 5.41) is 9.20. The van der Waals surface area contributed by atoms with Crippen LogP contribution in [0.2, 0.25) is 0 Å². The molecule has 0 bridgehead atoms. The van der Waals surface area contributed by atoms with Crippen LogP contribution in [0.4, 0.5) is 11.4 Å². The molecular weight excluding hydrogens is 546 g/mol. The fourth-order valence-electron chi connectivity index (χ4n) is 4.80. The second kappa shape index (κ2) is 13.1. The second-order valence-corrected chi connectivity index (χ2v) is 12.1. The zero-order chi connectivity index (χ0) is 29.5. The van der Waals surface area contributed by atoms with Crippen molar-refractivity contribution in [2.75, 3.05) is 35.7 Å². The minimum absolute atomic E-state index is 0.0752. The molecule has 5 rings (SSSR count). The van der Waals surface area contributed by atoms with E-state index in [0.717, 1.165) is 52.8 Å². The van der Waals surface area contributed by atoms with Gasteiger partial charge in [-0.05, 0) is 72.1 Å². The van der Waals surface area contributed by atoms with Gasteiger partial charge in [-0.3, -0.25) is 0 Å². The Bertz CT molecular complexity index is 1580. The molecule has 1 heterocycles. The van der Waals surface area contributed by atoms with Gasteiger partial charge in [-0.15, -0.1) is 0 Å². The molecule has 4 aromatic carbocycles. The second-order valence-electron chi connectivity index (χ2n) is 11.0. The first-order chi connectivity index (χ1) is 20.3. The molecule has 4 aromatic rings. The first-order valence-electron chi connectivity index (χ1n) is 13.8. The van der Waals surface area contributed by atoms with Crippen LogP contribution in [0.3, 0.4) is 0 Å². The molecule has 42 heavy (non-hydrogen) atoms. The lowest BCUT2D eigenvalue weighted by Gasteiger charge is -2.37. The minimum Gasteiger partial charge on any atom is -0.493 e. The molecule has 0 radical (unpaired) electrons. The predicted octanol–water partition coefficient (Wildman–Crippen LogP) is 6.99. The predicted molar refractivity (Wildman–Crippen MR) is 167 cm³/mol. The van der Waals surface area contributed by atoms with Gasteiger partial charge in [-0.2, -0.15) is 5.26 Å². The van der Waals surface area contributed by atoms with E-state index in [2.05, 4.69) is 40.8 Å². The number of hydrogen-bond acceptors (Lipinski definition) is 6. The summed E-state index contributed by atoms with van der Waals surface area (Å²) >= 11 is 0. The maximum atomic E-state index is 11.9. The first-order valence-corrected chi connectivity index (χ1v) is 15.4. The Labute approximate surface area is 250 Å². The van der Waals surface area contributed by atoms with Crippen molar-refractivity contribution in [3.63, 3.8) is 0 Å².